The van der Waals surface area contributed by atoms with Crippen molar-refractivity contribution in [3.8, 4) is 16.9 Å². The van der Waals surface area contributed by atoms with Crippen LogP contribution in [0, 0.1) is 43.7 Å². The number of aromatic nitrogens is 2. The summed E-state index contributed by atoms with van der Waals surface area (Å²) in [5, 5.41) is 2.39. The maximum atomic E-state index is 6.49. The average Bonchev–Trinajstić information content (AvgIpc) is 3.53. The molecule has 1 aliphatic heterocycles. The van der Waals surface area contributed by atoms with Gasteiger partial charge in [0.2, 0.25) is 0 Å². The fourth-order valence-electron chi connectivity index (χ4n) is 8.00. The van der Waals surface area contributed by atoms with Crippen LogP contribution in [0.1, 0.15) is 104 Å². The zero-order valence-corrected chi connectivity index (χ0v) is 34.0. The molecular weight excluding hydrogens is 782 g/mol. The predicted octanol–water partition coefficient (Wildman–Crippen LogP) is 11.1. The van der Waals surface area contributed by atoms with Gasteiger partial charge in [0.1, 0.15) is 12.5 Å². The molecule has 5 heteroatoms. The summed E-state index contributed by atoms with van der Waals surface area (Å²) in [4.78, 5) is 10.2. The minimum Gasteiger partial charge on any atom is -0.518 e. The molecular formula is C44H53N3OPt. The van der Waals surface area contributed by atoms with Gasteiger partial charge in [0, 0.05) is 11.7 Å². The fourth-order valence-corrected chi connectivity index (χ4v) is 8.00. The first-order chi connectivity index (χ1) is 22.4. The summed E-state index contributed by atoms with van der Waals surface area (Å²) in [7, 11) is 0. The molecule has 0 radical (unpaired) electrons. The number of hydrogen-bond acceptors (Lipinski definition) is 3. The van der Waals surface area contributed by atoms with E-state index < -0.39 is 0 Å². The summed E-state index contributed by atoms with van der Waals surface area (Å²) in [5.74, 6) is 2.09. The third-order valence-electron chi connectivity index (χ3n) is 10.2. The second kappa shape index (κ2) is 13.1. The number of fused-ring (bicyclic) bond motifs is 3. The molecule has 4 nitrogen and oxygen atoms in total. The zero-order chi connectivity index (χ0) is 34.9. The number of aliphatic imine (C=N–C) groups is 1. The first-order valence-electron chi connectivity index (χ1n) is 17.6. The topological polar surface area (TPSA) is 39.4 Å². The third kappa shape index (κ3) is 6.92. The van der Waals surface area contributed by atoms with Gasteiger partial charge in [0.15, 0.2) is 0 Å². The van der Waals surface area contributed by atoms with E-state index in [1.165, 1.54) is 27.5 Å². The van der Waals surface area contributed by atoms with Crippen LogP contribution in [0.4, 0.5) is 0 Å². The summed E-state index contributed by atoms with van der Waals surface area (Å²) in [6.07, 6.45) is 1.93. The van der Waals surface area contributed by atoms with Crippen LogP contribution in [0.3, 0.4) is 0 Å². The number of aryl methyl sites for hydroxylation is 2. The molecule has 0 amide bonds. The molecule has 0 saturated carbocycles. The van der Waals surface area contributed by atoms with Crippen molar-refractivity contribution in [2.75, 3.05) is 6.61 Å². The van der Waals surface area contributed by atoms with E-state index in [1.807, 2.05) is 6.20 Å². The summed E-state index contributed by atoms with van der Waals surface area (Å²) < 4.78 is 8.82. The van der Waals surface area contributed by atoms with E-state index in [1.54, 1.807) is 0 Å². The minimum absolute atomic E-state index is 0. The molecule has 0 fully saturated rings. The SMILES string of the molecule is Cc1ccc2c(c1)c1cc(C)c(-c3cc(C(C)(C)C)ccn3)[c-]c1n2-c1[c-]c(C2=N[C@](C)(C(C(C)C)C(C)C)CO2)cc(C(C)(C)C)c1.[Pt+2]. The predicted molar refractivity (Wildman–Crippen MR) is 203 cm³/mol. The molecule has 2 aromatic heterocycles. The Kier molecular flexibility index (Phi) is 9.94. The standard InChI is InChI=1S/C44H53N3O.Pt/c1-26(2)40(27(3)4)44(13)25-48-41(46-44)30-20-32(43(10,11)12)22-33(21-30)47-38-15-14-28(5)18-35(38)36-19-29(6)34(24-39(36)47)37-23-31(16-17-45-37)42(7,8)9;/h14-20,22-23,26-27,40H,25H2,1-13H3;/q-2;+2/t44-;/m0./s1. The maximum absolute atomic E-state index is 6.49. The van der Waals surface area contributed by atoms with Crippen molar-refractivity contribution in [1.82, 2.24) is 9.55 Å². The first kappa shape index (κ1) is 37.0. The average molecular weight is 835 g/mol. The second-order valence-electron chi connectivity index (χ2n) is 17.1. The van der Waals surface area contributed by atoms with Crippen LogP contribution < -0.4 is 0 Å². The van der Waals surface area contributed by atoms with E-state index >= 15 is 0 Å². The molecule has 0 saturated heterocycles. The first-order valence-corrected chi connectivity index (χ1v) is 17.6. The monoisotopic (exact) mass is 834 g/mol. The molecule has 0 bridgehead atoms. The van der Waals surface area contributed by atoms with E-state index in [0.29, 0.717) is 30.3 Å². The molecule has 0 spiro atoms. The molecule has 6 rings (SSSR count). The largest absolute Gasteiger partial charge is 2.00 e. The van der Waals surface area contributed by atoms with Crippen molar-refractivity contribution < 1.29 is 25.8 Å². The van der Waals surface area contributed by atoms with Crippen LogP contribution in [0.25, 0.3) is 38.8 Å². The Morgan fingerprint density at radius 3 is 2.12 bits per heavy atom. The van der Waals surface area contributed by atoms with Gasteiger partial charge >= 0.3 is 21.1 Å². The molecule has 0 N–H and O–H groups in total. The van der Waals surface area contributed by atoms with Gasteiger partial charge in [-0.1, -0.05) is 111 Å². The quantitative estimate of drug-likeness (QED) is 0.160. The Labute approximate surface area is 309 Å². The number of hydrogen-bond donors (Lipinski definition) is 0. The molecule has 5 aromatic rings. The van der Waals surface area contributed by atoms with Crippen molar-refractivity contribution >= 4 is 27.7 Å². The number of rotatable bonds is 6. The number of nitrogens with zero attached hydrogens (tertiary/aromatic N) is 3. The van der Waals surface area contributed by atoms with Crippen LogP contribution in [0.2, 0.25) is 0 Å². The fraction of sp³-hybridized carbons (Fsp3) is 0.455. The Balaban J connectivity index is 0.00000468. The Bertz CT molecular complexity index is 2050. The van der Waals surface area contributed by atoms with Gasteiger partial charge in [-0.3, -0.25) is 4.99 Å². The van der Waals surface area contributed by atoms with E-state index in [4.69, 9.17) is 14.7 Å². The van der Waals surface area contributed by atoms with Crippen LogP contribution >= 0.6 is 0 Å². The summed E-state index contributed by atoms with van der Waals surface area (Å²) >= 11 is 0. The second-order valence-corrected chi connectivity index (χ2v) is 17.1. The van der Waals surface area contributed by atoms with Crippen molar-refractivity contribution in [3.63, 3.8) is 0 Å². The maximum Gasteiger partial charge on any atom is 2.00 e. The summed E-state index contributed by atoms with van der Waals surface area (Å²) in [6.45, 7) is 29.9. The van der Waals surface area contributed by atoms with E-state index in [9.17, 15) is 0 Å². The Morgan fingerprint density at radius 1 is 0.816 bits per heavy atom. The van der Waals surface area contributed by atoms with Gasteiger partial charge in [0.25, 0.3) is 0 Å². The van der Waals surface area contributed by atoms with Crippen LogP contribution in [-0.2, 0) is 36.6 Å². The zero-order valence-electron chi connectivity index (χ0n) is 31.7. The van der Waals surface area contributed by atoms with Crippen LogP contribution in [0.15, 0.2) is 59.7 Å². The van der Waals surface area contributed by atoms with Crippen molar-refractivity contribution in [3.05, 3.63) is 94.7 Å². The summed E-state index contributed by atoms with van der Waals surface area (Å²) in [6, 6.07) is 25.6. The Morgan fingerprint density at radius 2 is 1.49 bits per heavy atom. The van der Waals surface area contributed by atoms with E-state index in [-0.39, 0.29) is 37.4 Å². The molecule has 3 heterocycles. The Hall–Kier alpha value is -3.23. The summed E-state index contributed by atoms with van der Waals surface area (Å²) in [5.41, 5.74) is 10.5. The number of benzene rings is 3. The molecule has 0 aliphatic carbocycles. The molecule has 0 unspecified atom stereocenters. The van der Waals surface area contributed by atoms with Gasteiger partial charge in [-0.05, 0) is 82.4 Å². The third-order valence-corrected chi connectivity index (χ3v) is 10.2. The van der Waals surface area contributed by atoms with Gasteiger partial charge in [0.05, 0.1) is 5.54 Å². The minimum atomic E-state index is -0.289. The number of pyridine rings is 1. The molecule has 260 valence electrons. The van der Waals surface area contributed by atoms with Gasteiger partial charge in [-0.2, -0.15) is 0 Å². The van der Waals surface area contributed by atoms with E-state index in [2.05, 4.69) is 155 Å². The normalized spacial score (nSPS) is 16.9. The van der Waals surface area contributed by atoms with Crippen LogP contribution in [-0.4, -0.2) is 27.6 Å². The van der Waals surface area contributed by atoms with Gasteiger partial charge in [-0.15, -0.1) is 47.0 Å². The molecule has 1 atom stereocenters. The van der Waals surface area contributed by atoms with Gasteiger partial charge in [-0.25, -0.2) is 0 Å². The molecule has 1 aliphatic rings. The van der Waals surface area contributed by atoms with Gasteiger partial charge < -0.3 is 14.3 Å². The molecule has 49 heavy (non-hydrogen) atoms. The van der Waals surface area contributed by atoms with Crippen molar-refractivity contribution in [2.45, 2.75) is 106 Å². The van der Waals surface area contributed by atoms with Crippen LogP contribution in [0.5, 0.6) is 0 Å². The molecule has 3 aromatic carbocycles. The smallest absolute Gasteiger partial charge is 0.518 e. The number of ether oxygens (including phenoxy) is 1. The van der Waals surface area contributed by atoms with Crippen molar-refractivity contribution in [2.24, 2.45) is 22.7 Å². The van der Waals surface area contributed by atoms with Crippen molar-refractivity contribution in [1.29, 1.82) is 0 Å². The van der Waals surface area contributed by atoms with E-state index in [0.717, 1.165) is 39.1 Å².